The average molecular weight is 512 g/mol. The van der Waals surface area contributed by atoms with Gasteiger partial charge in [-0.05, 0) is 12.1 Å². The number of pyridine rings is 2. The first-order valence-electron chi connectivity index (χ1n) is 11.3. The molecule has 0 spiro atoms. The number of rotatable bonds is 6. The van der Waals surface area contributed by atoms with E-state index in [0.29, 0.717) is 32.0 Å². The van der Waals surface area contributed by atoms with E-state index in [1.54, 1.807) is 17.0 Å². The third-order valence-electron chi connectivity index (χ3n) is 5.73. The van der Waals surface area contributed by atoms with Crippen molar-refractivity contribution in [1.82, 2.24) is 20.2 Å². The quantitative estimate of drug-likeness (QED) is 0.454. The van der Waals surface area contributed by atoms with Crippen molar-refractivity contribution in [3.05, 3.63) is 56.9 Å². The first-order chi connectivity index (χ1) is 17.1. The first-order valence-corrected chi connectivity index (χ1v) is 11.3. The topological polar surface area (TPSA) is 134 Å². The minimum Gasteiger partial charge on any atom is -0.354 e. The summed E-state index contributed by atoms with van der Waals surface area (Å²) in [5.41, 5.74) is -0.0450. The fourth-order valence-corrected chi connectivity index (χ4v) is 3.73. The maximum atomic E-state index is 12.2. The molecule has 196 valence electrons. The molecule has 15 heteroatoms. The monoisotopic (exact) mass is 512 g/mol. The fraction of sp³-hybridized carbons (Fsp3) is 0.524. The zero-order valence-corrected chi connectivity index (χ0v) is 19.4. The Morgan fingerprint density at radius 3 is 1.67 bits per heavy atom. The summed E-state index contributed by atoms with van der Waals surface area (Å²) >= 11 is 0. The van der Waals surface area contributed by atoms with Gasteiger partial charge in [0, 0.05) is 71.0 Å². The minimum atomic E-state index is -4.13. The van der Waals surface area contributed by atoms with Crippen LogP contribution in [0.5, 0.6) is 0 Å². The molecule has 12 nitrogen and oxygen atoms in total. The van der Waals surface area contributed by atoms with Crippen LogP contribution in [-0.2, 0) is 0 Å². The van der Waals surface area contributed by atoms with E-state index in [0.717, 1.165) is 32.0 Å². The zero-order valence-electron chi connectivity index (χ0n) is 19.4. The molecule has 0 unspecified atom stereocenters. The van der Waals surface area contributed by atoms with Crippen LogP contribution in [0, 0.1) is 20.2 Å². The number of halogens is 3. The van der Waals surface area contributed by atoms with Crippen molar-refractivity contribution in [2.45, 2.75) is 12.6 Å². The second kappa shape index (κ2) is 12.4. The highest BCUT2D eigenvalue weighted by Gasteiger charge is 2.29. The Hall–Kier alpha value is -3.59. The average Bonchev–Trinajstić information content (AvgIpc) is 2.88. The van der Waals surface area contributed by atoms with Gasteiger partial charge in [-0.2, -0.15) is 13.2 Å². The molecule has 2 aliphatic rings. The fourth-order valence-electron chi connectivity index (χ4n) is 3.73. The standard InChI is InChI=1S/C12H15F3N4O2.C9H12N4O2/c13-12(14,15)3-4-17-5-7-18(8-6-17)11-2-1-10(9-16-11)19(20)21;14-13(15)8-1-2-9(11-7-8)12-5-3-10-4-6-12/h1-2,9H,3-8H2;1-2,7,10H,3-6H2. The summed E-state index contributed by atoms with van der Waals surface area (Å²) in [7, 11) is 0. The Balaban J connectivity index is 0.000000212. The Labute approximate surface area is 205 Å². The van der Waals surface area contributed by atoms with E-state index in [9.17, 15) is 33.4 Å². The lowest BCUT2D eigenvalue weighted by molar-refractivity contribution is -0.385. The predicted octanol–water partition coefficient (Wildman–Crippen LogP) is 2.46. The van der Waals surface area contributed by atoms with Gasteiger partial charge in [0.1, 0.15) is 24.0 Å². The van der Waals surface area contributed by atoms with E-state index in [2.05, 4.69) is 20.2 Å². The maximum absolute atomic E-state index is 12.2. The molecule has 2 aliphatic heterocycles. The van der Waals surface area contributed by atoms with Crippen molar-refractivity contribution in [2.75, 3.05) is 68.7 Å². The van der Waals surface area contributed by atoms with Crippen molar-refractivity contribution < 1.29 is 23.0 Å². The Bertz CT molecular complexity index is 994. The normalized spacial score (nSPS) is 16.8. The van der Waals surface area contributed by atoms with E-state index < -0.39 is 22.4 Å². The molecule has 0 atom stereocenters. The third-order valence-corrected chi connectivity index (χ3v) is 5.73. The number of anilines is 2. The Morgan fingerprint density at radius 1 is 0.806 bits per heavy atom. The van der Waals surface area contributed by atoms with Gasteiger partial charge in [-0.1, -0.05) is 0 Å². The molecular formula is C21H27F3N8O4. The second-order valence-corrected chi connectivity index (χ2v) is 8.19. The van der Waals surface area contributed by atoms with Gasteiger partial charge in [0.25, 0.3) is 11.4 Å². The van der Waals surface area contributed by atoms with Crippen LogP contribution >= 0.6 is 0 Å². The Morgan fingerprint density at radius 2 is 1.28 bits per heavy atom. The lowest BCUT2D eigenvalue weighted by atomic mass is 10.2. The molecule has 36 heavy (non-hydrogen) atoms. The van der Waals surface area contributed by atoms with E-state index in [-0.39, 0.29) is 17.9 Å². The highest BCUT2D eigenvalue weighted by molar-refractivity contribution is 5.44. The van der Waals surface area contributed by atoms with Crippen molar-refractivity contribution in [1.29, 1.82) is 0 Å². The van der Waals surface area contributed by atoms with Gasteiger partial charge < -0.3 is 15.1 Å². The summed E-state index contributed by atoms with van der Waals surface area (Å²) in [4.78, 5) is 33.9. The van der Waals surface area contributed by atoms with Crippen molar-refractivity contribution in [2.24, 2.45) is 0 Å². The predicted molar refractivity (Wildman–Crippen MR) is 126 cm³/mol. The van der Waals surface area contributed by atoms with Gasteiger partial charge in [0.15, 0.2) is 0 Å². The third kappa shape index (κ3) is 8.27. The highest BCUT2D eigenvalue weighted by atomic mass is 19.4. The number of nitro groups is 2. The summed E-state index contributed by atoms with van der Waals surface area (Å²) < 4.78 is 36.5. The molecular weight excluding hydrogens is 485 g/mol. The van der Waals surface area contributed by atoms with E-state index in [1.165, 1.54) is 24.5 Å². The molecule has 0 amide bonds. The van der Waals surface area contributed by atoms with Gasteiger partial charge in [-0.3, -0.25) is 25.1 Å². The number of nitrogens with zero attached hydrogens (tertiary/aromatic N) is 7. The van der Waals surface area contributed by atoms with Gasteiger partial charge in [-0.25, -0.2) is 9.97 Å². The van der Waals surface area contributed by atoms with Crippen LogP contribution in [0.4, 0.5) is 36.2 Å². The minimum absolute atomic E-state index is 0.00499. The molecule has 0 aliphatic carbocycles. The van der Waals surface area contributed by atoms with Crippen LogP contribution in [0.15, 0.2) is 36.7 Å². The molecule has 0 bridgehead atoms. The highest BCUT2D eigenvalue weighted by Crippen LogP contribution is 2.21. The lowest BCUT2D eigenvalue weighted by Gasteiger charge is -2.35. The van der Waals surface area contributed by atoms with Gasteiger partial charge in [0.2, 0.25) is 0 Å². The number of alkyl halides is 3. The van der Waals surface area contributed by atoms with Crippen LogP contribution in [-0.4, -0.2) is 89.8 Å². The molecule has 4 rings (SSSR count). The molecule has 2 fully saturated rings. The number of aromatic nitrogens is 2. The van der Waals surface area contributed by atoms with Crippen LogP contribution < -0.4 is 15.1 Å². The van der Waals surface area contributed by atoms with Gasteiger partial charge in [-0.15, -0.1) is 0 Å². The summed E-state index contributed by atoms with van der Waals surface area (Å²) in [5, 5.41) is 24.2. The Kier molecular flexibility index (Phi) is 9.30. The molecule has 0 saturated carbocycles. The smallest absolute Gasteiger partial charge is 0.354 e. The van der Waals surface area contributed by atoms with Crippen molar-refractivity contribution in [3.8, 4) is 0 Å². The second-order valence-electron chi connectivity index (χ2n) is 8.19. The number of piperazine rings is 2. The molecule has 1 N–H and O–H groups in total. The van der Waals surface area contributed by atoms with E-state index in [1.807, 2.05) is 4.90 Å². The summed E-state index contributed by atoms with van der Waals surface area (Å²) in [5.74, 6) is 1.41. The lowest BCUT2D eigenvalue weighted by Crippen LogP contribution is -2.47. The van der Waals surface area contributed by atoms with Crippen molar-refractivity contribution in [3.63, 3.8) is 0 Å². The van der Waals surface area contributed by atoms with Gasteiger partial charge >= 0.3 is 6.18 Å². The zero-order chi connectivity index (χ0) is 26.1. The van der Waals surface area contributed by atoms with E-state index >= 15 is 0 Å². The molecule has 0 radical (unpaired) electrons. The molecule has 2 aromatic rings. The number of hydrogen-bond acceptors (Lipinski definition) is 10. The largest absolute Gasteiger partial charge is 0.390 e. The van der Waals surface area contributed by atoms with Crippen LogP contribution in [0.2, 0.25) is 0 Å². The van der Waals surface area contributed by atoms with Crippen LogP contribution in [0.1, 0.15) is 6.42 Å². The van der Waals surface area contributed by atoms with Crippen LogP contribution in [0.25, 0.3) is 0 Å². The number of hydrogen-bond donors (Lipinski definition) is 1. The van der Waals surface area contributed by atoms with E-state index in [4.69, 9.17) is 0 Å². The molecule has 0 aromatic carbocycles. The number of nitrogens with one attached hydrogen (secondary N) is 1. The maximum Gasteiger partial charge on any atom is 0.390 e. The molecule has 2 aromatic heterocycles. The first kappa shape index (κ1) is 27.0. The summed E-state index contributed by atoms with van der Waals surface area (Å²) in [6.07, 6.45) is -2.44. The SMILES string of the molecule is O=[N+]([O-])c1ccc(N2CCN(CCC(F)(F)F)CC2)nc1.O=[N+]([O-])c1ccc(N2CCNCC2)nc1. The molecule has 4 heterocycles. The molecule has 2 saturated heterocycles. The summed E-state index contributed by atoms with van der Waals surface area (Å²) in [6.45, 7) is 5.81. The summed E-state index contributed by atoms with van der Waals surface area (Å²) in [6, 6.07) is 6.12. The van der Waals surface area contributed by atoms with Crippen LogP contribution in [0.3, 0.4) is 0 Å². The van der Waals surface area contributed by atoms with Gasteiger partial charge in [0.05, 0.1) is 16.3 Å². The van der Waals surface area contributed by atoms with Crippen molar-refractivity contribution >= 4 is 23.0 Å².